The average Bonchev–Trinajstić information content (AvgIpc) is 2.38. The van der Waals surface area contributed by atoms with Gasteiger partial charge in [0.05, 0.1) is 13.2 Å². The predicted octanol–water partition coefficient (Wildman–Crippen LogP) is 2.99. The summed E-state index contributed by atoms with van der Waals surface area (Å²) in [7, 11) is 1.48. The van der Waals surface area contributed by atoms with Gasteiger partial charge in [0, 0.05) is 5.56 Å². The van der Waals surface area contributed by atoms with Crippen LogP contribution in [0.4, 0.5) is 0 Å². The maximum atomic E-state index is 5.81. The summed E-state index contributed by atoms with van der Waals surface area (Å²) in [5, 5.41) is 0.101. The summed E-state index contributed by atoms with van der Waals surface area (Å²) in [6, 6.07) is 7.64. The Morgan fingerprint density at radius 3 is 2.32 bits per heavy atom. The summed E-state index contributed by atoms with van der Waals surface area (Å²) in [5.41, 5.74) is 0.818. The van der Waals surface area contributed by atoms with Gasteiger partial charge in [0.15, 0.2) is 5.82 Å². The number of hydrogen-bond donors (Lipinski definition) is 0. The van der Waals surface area contributed by atoms with E-state index in [1.54, 1.807) is 0 Å². The molecule has 100 valence electrons. The van der Waals surface area contributed by atoms with Crippen LogP contribution in [-0.2, 0) is 0 Å². The molecular formula is C13H14ClN3O2. The van der Waals surface area contributed by atoms with Crippen molar-refractivity contribution >= 4 is 11.6 Å². The van der Waals surface area contributed by atoms with Gasteiger partial charge in [-0.2, -0.15) is 15.0 Å². The Morgan fingerprint density at radius 1 is 1.05 bits per heavy atom. The van der Waals surface area contributed by atoms with Crippen molar-refractivity contribution in [3.8, 4) is 23.1 Å². The highest BCUT2D eigenvalue weighted by molar-refractivity contribution is 6.28. The summed E-state index contributed by atoms with van der Waals surface area (Å²) < 4.78 is 10.5. The van der Waals surface area contributed by atoms with E-state index in [1.807, 2.05) is 38.1 Å². The molecule has 0 spiro atoms. The fraction of sp³-hybridized carbons (Fsp3) is 0.308. The minimum absolute atomic E-state index is 0.101. The molecule has 0 amide bonds. The van der Waals surface area contributed by atoms with Crippen molar-refractivity contribution in [2.24, 2.45) is 0 Å². The van der Waals surface area contributed by atoms with Gasteiger partial charge in [0.1, 0.15) is 5.75 Å². The van der Waals surface area contributed by atoms with Crippen molar-refractivity contribution in [1.29, 1.82) is 0 Å². The largest absolute Gasteiger partial charge is 0.491 e. The third-order valence-electron chi connectivity index (χ3n) is 2.25. The number of hydrogen-bond acceptors (Lipinski definition) is 5. The second kappa shape index (κ2) is 5.84. The first-order valence-electron chi connectivity index (χ1n) is 5.81. The van der Waals surface area contributed by atoms with Crippen LogP contribution in [0.1, 0.15) is 13.8 Å². The van der Waals surface area contributed by atoms with E-state index in [9.17, 15) is 0 Å². The second-order valence-electron chi connectivity index (χ2n) is 4.11. The molecule has 0 atom stereocenters. The summed E-state index contributed by atoms with van der Waals surface area (Å²) in [5.74, 6) is 1.26. The van der Waals surface area contributed by atoms with Gasteiger partial charge in [0.2, 0.25) is 5.28 Å². The minimum atomic E-state index is 0.101. The Hall–Kier alpha value is -1.88. The molecule has 6 heteroatoms. The van der Waals surface area contributed by atoms with Crippen molar-refractivity contribution in [2.45, 2.75) is 20.0 Å². The van der Waals surface area contributed by atoms with Gasteiger partial charge in [-0.15, -0.1) is 0 Å². The van der Waals surface area contributed by atoms with E-state index < -0.39 is 0 Å². The molecule has 0 fully saturated rings. The van der Waals surface area contributed by atoms with Crippen LogP contribution in [0.5, 0.6) is 11.8 Å². The molecule has 0 aliphatic carbocycles. The number of methoxy groups -OCH3 is 1. The minimum Gasteiger partial charge on any atom is -0.491 e. The highest BCUT2D eigenvalue weighted by Crippen LogP contribution is 2.22. The van der Waals surface area contributed by atoms with Crippen LogP contribution in [0.15, 0.2) is 24.3 Å². The smallest absolute Gasteiger partial charge is 0.321 e. The molecule has 5 nitrogen and oxygen atoms in total. The van der Waals surface area contributed by atoms with Crippen LogP contribution in [-0.4, -0.2) is 28.2 Å². The summed E-state index contributed by atoms with van der Waals surface area (Å²) >= 11 is 5.81. The van der Waals surface area contributed by atoms with E-state index in [1.165, 1.54) is 7.11 Å². The summed E-state index contributed by atoms with van der Waals surface area (Å²) in [4.78, 5) is 12.0. The van der Waals surface area contributed by atoms with E-state index in [4.69, 9.17) is 21.1 Å². The summed E-state index contributed by atoms with van der Waals surface area (Å²) in [6.45, 7) is 3.95. The molecule has 0 N–H and O–H groups in total. The van der Waals surface area contributed by atoms with Crippen molar-refractivity contribution in [3.63, 3.8) is 0 Å². The topological polar surface area (TPSA) is 57.1 Å². The van der Waals surface area contributed by atoms with Gasteiger partial charge >= 0.3 is 6.01 Å². The van der Waals surface area contributed by atoms with E-state index in [2.05, 4.69) is 15.0 Å². The number of ether oxygens (including phenoxy) is 2. The molecule has 2 aromatic rings. The third-order valence-corrected chi connectivity index (χ3v) is 2.42. The van der Waals surface area contributed by atoms with Crippen molar-refractivity contribution in [1.82, 2.24) is 15.0 Å². The monoisotopic (exact) mass is 279 g/mol. The maximum Gasteiger partial charge on any atom is 0.321 e. The predicted molar refractivity (Wildman–Crippen MR) is 72.6 cm³/mol. The molecule has 0 saturated carbocycles. The van der Waals surface area contributed by atoms with Crippen LogP contribution >= 0.6 is 11.6 Å². The molecular weight excluding hydrogens is 266 g/mol. The fourth-order valence-corrected chi connectivity index (χ4v) is 1.66. The number of benzene rings is 1. The zero-order valence-electron chi connectivity index (χ0n) is 10.9. The van der Waals surface area contributed by atoms with Gasteiger partial charge in [-0.3, -0.25) is 0 Å². The highest BCUT2D eigenvalue weighted by Gasteiger charge is 2.08. The van der Waals surface area contributed by atoms with E-state index in [0.717, 1.165) is 11.3 Å². The molecule has 19 heavy (non-hydrogen) atoms. The molecule has 0 bridgehead atoms. The maximum absolute atomic E-state index is 5.81. The Kier molecular flexibility index (Phi) is 4.16. The quantitative estimate of drug-likeness (QED) is 0.861. The molecule has 1 aromatic carbocycles. The molecule has 1 heterocycles. The number of rotatable bonds is 4. The first-order valence-corrected chi connectivity index (χ1v) is 6.19. The molecule has 2 rings (SSSR count). The van der Waals surface area contributed by atoms with E-state index in [-0.39, 0.29) is 17.4 Å². The van der Waals surface area contributed by atoms with Crippen molar-refractivity contribution < 1.29 is 9.47 Å². The number of halogens is 1. The highest BCUT2D eigenvalue weighted by atomic mass is 35.5. The van der Waals surface area contributed by atoms with Gasteiger partial charge in [-0.05, 0) is 49.7 Å². The van der Waals surface area contributed by atoms with Gasteiger partial charge in [-0.25, -0.2) is 0 Å². The van der Waals surface area contributed by atoms with Gasteiger partial charge < -0.3 is 9.47 Å². The molecule has 0 unspecified atom stereocenters. The molecule has 1 aromatic heterocycles. The number of nitrogens with zero attached hydrogens (tertiary/aromatic N) is 3. The normalized spacial score (nSPS) is 10.6. The first-order chi connectivity index (χ1) is 9.08. The molecule has 0 aliphatic rings. The first kappa shape index (κ1) is 13.5. The van der Waals surface area contributed by atoms with E-state index >= 15 is 0 Å². The zero-order valence-corrected chi connectivity index (χ0v) is 11.7. The molecule has 0 radical (unpaired) electrons. The third kappa shape index (κ3) is 3.54. The molecule has 0 saturated heterocycles. The van der Waals surface area contributed by atoms with Crippen molar-refractivity contribution in [2.75, 3.05) is 7.11 Å². The van der Waals surface area contributed by atoms with Gasteiger partial charge in [-0.1, -0.05) is 0 Å². The SMILES string of the molecule is COc1nc(Cl)nc(-c2ccc(OC(C)C)cc2)n1. The molecule has 0 aliphatic heterocycles. The van der Waals surface area contributed by atoms with Crippen LogP contribution < -0.4 is 9.47 Å². The zero-order chi connectivity index (χ0) is 13.8. The standard InChI is InChI=1S/C13H14ClN3O2/c1-8(2)19-10-6-4-9(5-7-10)11-15-12(14)17-13(16-11)18-3/h4-8H,1-3H3. The van der Waals surface area contributed by atoms with E-state index in [0.29, 0.717) is 5.82 Å². The van der Waals surface area contributed by atoms with Crippen LogP contribution in [0.25, 0.3) is 11.4 Å². The lowest BCUT2D eigenvalue weighted by molar-refractivity contribution is 0.242. The van der Waals surface area contributed by atoms with Crippen LogP contribution in [0.3, 0.4) is 0 Å². The lowest BCUT2D eigenvalue weighted by Gasteiger charge is -2.09. The Morgan fingerprint density at radius 2 is 1.74 bits per heavy atom. The van der Waals surface area contributed by atoms with Gasteiger partial charge in [0.25, 0.3) is 0 Å². The second-order valence-corrected chi connectivity index (χ2v) is 4.44. The van der Waals surface area contributed by atoms with Crippen LogP contribution in [0.2, 0.25) is 5.28 Å². The Balaban J connectivity index is 2.29. The lowest BCUT2D eigenvalue weighted by atomic mass is 10.2. The average molecular weight is 280 g/mol. The number of aromatic nitrogens is 3. The fourth-order valence-electron chi connectivity index (χ4n) is 1.51. The Bertz CT molecular complexity index is 558. The summed E-state index contributed by atoms with van der Waals surface area (Å²) in [6.07, 6.45) is 0.137. The van der Waals surface area contributed by atoms with Crippen LogP contribution in [0, 0.1) is 0 Å². The Labute approximate surface area is 116 Å². The lowest BCUT2D eigenvalue weighted by Crippen LogP contribution is -2.05. The van der Waals surface area contributed by atoms with Crippen molar-refractivity contribution in [3.05, 3.63) is 29.5 Å².